The number of carbonyl (C=O) groups is 2. The van der Waals surface area contributed by atoms with Crippen LogP contribution in [0.25, 0.3) is 0 Å². The fraction of sp³-hybridized carbons (Fsp3) is 0.477. The Morgan fingerprint density at radius 1 is 0.316 bits per heavy atom. The maximum atomic E-state index is 12.9. The van der Waals surface area contributed by atoms with Crippen LogP contribution in [0, 0.1) is 0 Å². The lowest BCUT2D eigenvalue weighted by atomic mass is 10.1. The normalized spacial score (nSPS) is 14.6. The van der Waals surface area contributed by atoms with Crippen LogP contribution in [0.1, 0.15) is 219 Å². The highest BCUT2D eigenvalue weighted by Crippen LogP contribution is 2.43. The van der Waals surface area contributed by atoms with Crippen LogP contribution in [0.2, 0.25) is 0 Å². The molecule has 0 aliphatic rings. The van der Waals surface area contributed by atoms with Gasteiger partial charge in [0.1, 0.15) is 19.8 Å². The van der Waals surface area contributed by atoms with Gasteiger partial charge in [0.15, 0.2) is 6.10 Å². The maximum absolute atomic E-state index is 12.9. The maximum Gasteiger partial charge on any atom is 0.472 e. The number of unbranched alkanes of at least 4 members (excludes halogenated alkanes) is 6. The number of quaternary nitrogens is 1. The Labute approximate surface area is 598 Å². The second kappa shape index (κ2) is 74.5. The van der Waals surface area contributed by atoms with E-state index in [1.54, 1.807) is 0 Å². The molecule has 9 nitrogen and oxygen atoms in total. The van der Waals surface area contributed by atoms with Crippen LogP contribution in [0.3, 0.4) is 0 Å². The van der Waals surface area contributed by atoms with Gasteiger partial charge in [0, 0.05) is 12.8 Å². The molecule has 0 bridgehead atoms. The van der Waals surface area contributed by atoms with Crippen molar-refractivity contribution in [2.24, 2.45) is 0 Å². The van der Waals surface area contributed by atoms with Crippen molar-refractivity contribution in [1.29, 1.82) is 0 Å². The van der Waals surface area contributed by atoms with E-state index >= 15 is 0 Å². The summed E-state index contributed by atoms with van der Waals surface area (Å²) >= 11 is 0. The molecule has 98 heavy (non-hydrogen) atoms. The monoisotopic (exact) mass is 1360 g/mol. The van der Waals surface area contributed by atoms with Gasteiger partial charge in [0.25, 0.3) is 0 Å². The van der Waals surface area contributed by atoms with Gasteiger partial charge in [0.05, 0.1) is 27.7 Å². The Morgan fingerprint density at radius 3 is 0.796 bits per heavy atom. The second-order valence-electron chi connectivity index (χ2n) is 24.5. The molecule has 10 heteroatoms. The van der Waals surface area contributed by atoms with E-state index in [4.69, 9.17) is 18.5 Å². The predicted octanol–water partition coefficient (Wildman–Crippen LogP) is 25.0. The quantitative estimate of drug-likeness (QED) is 0.0211. The number of likely N-dealkylation sites (N-methyl/N-ethyl adjacent to an activating group) is 1. The average Bonchev–Trinajstić information content (AvgIpc) is 1.14. The van der Waals surface area contributed by atoms with E-state index in [2.05, 4.69) is 281 Å². The first-order valence-corrected chi connectivity index (χ1v) is 38.6. The van der Waals surface area contributed by atoms with Crippen LogP contribution in [-0.4, -0.2) is 74.9 Å². The number of esters is 2. The van der Waals surface area contributed by atoms with Crippen molar-refractivity contribution in [2.75, 3.05) is 47.5 Å². The molecular formula is C88H133NO8P+. The Hall–Kier alpha value is -6.71. The number of hydrogen-bond acceptors (Lipinski definition) is 7. The van der Waals surface area contributed by atoms with Crippen molar-refractivity contribution in [1.82, 2.24) is 0 Å². The number of rotatable bonds is 64. The van der Waals surface area contributed by atoms with Crippen LogP contribution >= 0.6 is 7.82 Å². The van der Waals surface area contributed by atoms with E-state index in [1.807, 2.05) is 21.1 Å². The SMILES string of the molecule is CC/C=C\C/C=C\C/C=C\C/C=C\C/C=C\C/C=C\C/C=C\C/C=C\C/C=C\C/C=C\C/C=C\CCCCCC(=O)OCC(COP(=O)(O)OCC[N+](C)(C)C)OC(=O)CCCCC/C=C\C/C=C\C/C=C\C/C=C\C/C=C\C/C=C\C/C=C\C/C=C\C/C=C\C/C=C\C/C=C\CC. The number of carbonyl (C=O) groups excluding carboxylic acids is 2. The molecular weight excluding hydrogens is 1230 g/mol. The standard InChI is InChI=1S/C88H132NO8P/c1-6-8-10-12-14-16-18-20-22-24-26-28-30-32-34-36-38-40-42-44-46-48-50-52-54-56-58-60-62-64-66-68-70-72-74-76-78-80-87(90)94-84-86(85-96-98(92,93)95-83-82-89(3,4)5)97-88(91)81-79-77-75-73-71-69-67-65-63-61-59-57-55-53-51-49-47-45-43-41-39-37-35-33-31-29-27-25-23-21-19-17-15-13-11-9-7-2/h8-11,14-17,20-23,26-29,32-35,38-41,44-47,50-53,56-59,62-65,68-71,86H,6-7,12-13,18-19,24-25,30-31,36-37,42-43,48-49,54-55,60-61,66-67,72-85H2,1-5H3/p+1/b10-8-,11-9-,16-14-,17-15-,22-20-,23-21-,28-26-,29-27-,34-32-,35-33-,40-38-,41-39-,46-44-,47-45-,52-50-,53-51-,58-56-,59-57-,64-62-,65-63-,70-68-,71-69-. The van der Waals surface area contributed by atoms with Crippen molar-refractivity contribution >= 4 is 19.8 Å². The highest BCUT2D eigenvalue weighted by atomic mass is 31.2. The Morgan fingerprint density at radius 2 is 0.551 bits per heavy atom. The first-order chi connectivity index (χ1) is 48.0. The predicted molar refractivity (Wildman–Crippen MR) is 426 cm³/mol. The number of allylic oxidation sites excluding steroid dienone is 44. The van der Waals surface area contributed by atoms with Gasteiger partial charge in [-0.25, -0.2) is 4.57 Å². The summed E-state index contributed by atoms with van der Waals surface area (Å²) in [6, 6.07) is 0. The number of phosphoric ester groups is 1. The molecule has 542 valence electrons. The van der Waals surface area contributed by atoms with Gasteiger partial charge < -0.3 is 18.9 Å². The third-order valence-corrected chi connectivity index (χ3v) is 15.2. The minimum Gasteiger partial charge on any atom is -0.462 e. The zero-order chi connectivity index (χ0) is 71.1. The van der Waals surface area contributed by atoms with Gasteiger partial charge in [-0.15, -0.1) is 0 Å². The van der Waals surface area contributed by atoms with E-state index in [1.165, 1.54) is 0 Å². The molecule has 0 aliphatic heterocycles. The molecule has 0 saturated carbocycles. The Balaban J connectivity index is 4.29. The number of hydrogen-bond donors (Lipinski definition) is 1. The topological polar surface area (TPSA) is 108 Å². The third-order valence-electron chi connectivity index (χ3n) is 14.3. The molecule has 0 saturated heterocycles. The molecule has 2 atom stereocenters. The van der Waals surface area contributed by atoms with Crippen molar-refractivity contribution < 1.29 is 42.1 Å². The van der Waals surface area contributed by atoms with Crippen molar-refractivity contribution in [2.45, 2.75) is 225 Å². The van der Waals surface area contributed by atoms with E-state index in [-0.39, 0.29) is 26.1 Å². The molecule has 0 aliphatic carbocycles. The lowest BCUT2D eigenvalue weighted by molar-refractivity contribution is -0.870. The van der Waals surface area contributed by atoms with Gasteiger partial charge in [-0.05, 0) is 180 Å². The van der Waals surface area contributed by atoms with E-state index in [0.717, 1.165) is 180 Å². The summed E-state index contributed by atoms with van der Waals surface area (Å²) in [5.74, 6) is -0.900. The largest absolute Gasteiger partial charge is 0.472 e. The summed E-state index contributed by atoms with van der Waals surface area (Å²) in [5.41, 5.74) is 0. The summed E-state index contributed by atoms with van der Waals surface area (Å²) in [5, 5.41) is 0. The third kappa shape index (κ3) is 78.3. The van der Waals surface area contributed by atoms with Crippen molar-refractivity contribution in [3.63, 3.8) is 0 Å². The summed E-state index contributed by atoms with van der Waals surface area (Å²) in [4.78, 5) is 35.9. The van der Waals surface area contributed by atoms with E-state index in [0.29, 0.717) is 23.9 Å². The summed E-state index contributed by atoms with van der Waals surface area (Å²) in [6.45, 7) is 4.08. The van der Waals surface area contributed by atoms with Gasteiger partial charge in [-0.3, -0.25) is 18.6 Å². The highest BCUT2D eigenvalue weighted by molar-refractivity contribution is 7.47. The molecule has 1 N–H and O–H groups in total. The molecule has 0 rings (SSSR count). The summed E-state index contributed by atoms with van der Waals surface area (Å²) < 4.78 is 34.6. The molecule has 0 amide bonds. The molecule has 0 aromatic heterocycles. The minimum atomic E-state index is -4.43. The zero-order valence-electron chi connectivity index (χ0n) is 61.6. The first-order valence-electron chi connectivity index (χ1n) is 37.1. The number of nitrogens with zero attached hydrogens (tertiary/aromatic N) is 1. The molecule has 0 heterocycles. The molecule has 2 unspecified atom stereocenters. The highest BCUT2D eigenvalue weighted by Gasteiger charge is 2.27. The molecule has 0 fully saturated rings. The Bertz CT molecular complexity index is 2660. The fourth-order valence-corrected chi connectivity index (χ4v) is 9.41. The van der Waals surface area contributed by atoms with Gasteiger partial charge in [-0.1, -0.05) is 294 Å². The average molecular weight is 1360 g/mol. The van der Waals surface area contributed by atoms with Crippen molar-refractivity contribution in [3.05, 3.63) is 267 Å². The van der Waals surface area contributed by atoms with Crippen LogP contribution < -0.4 is 0 Å². The van der Waals surface area contributed by atoms with Crippen LogP contribution in [-0.2, 0) is 32.7 Å². The van der Waals surface area contributed by atoms with Gasteiger partial charge >= 0.3 is 19.8 Å². The molecule has 0 aromatic rings. The van der Waals surface area contributed by atoms with Gasteiger partial charge in [-0.2, -0.15) is 0 Å². The number of phosphoric acid groups is 1. The summed E-state index contributed by atoms with van der Waals surface area (Å²) in [6.07, 6.45) is 125. The zero-order valence-corrected chi connectivity index (χ0v) is 62.5. The van der Waals surface area contributed by atoms with Crippen LogP contribution in [0.5, 0.6) is 0 Å². The van der Waals surface area contributed by atoms with Crippen LogP contribution in [0.15, 0.2) is 267 Å². The van der Waals surface area contributed by atoms with Crippen molar-refractivity contribution in [3.8, 4) is 0 Å². The van der Waals surface area contributed by atoms with E-state index in [9.17, 15) is 19.0 Å². The second-order valence-corrected chi connectivity index (χ2v) is 26.0. The van der Waals surface area contributed by atoms with E-state index < -0.39 is 32.5 Å². The number of ether oxygens (including phenoxy) is 2. The lowest BCUT2D eigenvalue weighted by Gasteiger charge is -2.24. The Kier molecular flexibility index (Phi) is 69.4. The molecule has 0 aromatic carbocycles. The lowest BCUT2D eigenvalue weighted by Crippen LogP contribution is -2.37. The first kappa shape index (κ1) is 91.3. The molecule has 0 spiro atoms. The van der Waals surface area contributed by atoms with Crippen LogP contribution in [0.4, 0.5) is 0 Å². The smallest absolute Gasteiger partial charge is 0.462 e. The minimum absolute atomic E-state index is 0.00299. The molecule has 0 radical (unpaired) electrons. The fourth-order valence-electron chi connectivity index (χ4n) is 8.67. The summed E-state index contributed by atoms with van der Waals surface area (Å²) in [7, 11) is 1.39. The van der Waals surface area contributed by atoms with Gasteiger partial charge in [0.2, 0.25) is 0 Å².